The second-order valence-electron chi connectivity index (χ2n) is 4.63. The number of ether oxygens (including phenoxy) is 1. The van der Waals surface area contributed by atoms with Gasteiger partial charge >= 0.3 is 6.18 Å². The maximum absolute atomic E-state index is 12.4. The molecule has 19 heavy (non-hydrogen) atoms. The summed E-state index contributed by atoms with van der Waals surface area (Å²) in [6.07, 6.45) is -0.299. The van der Waals surface area contributed by atoms with Gasteiger partial charge in [-0.1, -0.05) is 0 Å². The molecule has 0 saturated carbocycles. The Morgan fingerprint density at radius 2 is 1.84 bits per heavy atom. The number of nitrogens with two attached hydrogens (primary N) is 1. The number of halogens is 3. The van der Waals surface area contributed by atoms with Crippen LogP contribution < -0.4 is 5.73 Å². The Morgan fingerprint density at radius 3 is 2.32 bits per heavy atom. The summed E-state index contributed by atoms with van der Waals surface area (Å²) in [7, 11) is 0. The van der Waals surface area contributed by atoms with Crippen molar-refractivity contribution < 1.29 is 17.9 Å². The molecule has 0 radical (unpaired) electrons. The fraction of sp³-hybridized carbons (Fsp3) is 0.667. The molecule has 0 aromatic carbocycles. The summed E-state index contributed by atoms with van der Waals surface area (Å²) < 4.78 is 42.4. The van der Waals surface area contributed by atoms with E-state index in [1.807, 2.05) is 0 Å². The third-order valence-electron chi connectivity index (χ3n) is 3.44. The van der Waals surface area contributed by atoms with Gasteiger partial charge in [0.15, 0.2) is 0 Å². The largest absolute Gasteiger partial charge is 0.451 e. The molecule has 7 heteroatoms. The van der Waals surface area contributed by atoms with Crippen LogP contribution in [-0.4, -0.2) is 29.7 Å². The third-order valence-corrected chi connectivity index (χ3v) is 3.44. The summed E-state index contributed by atoms with van der Waals surface area (Å²) in [4.78, 5) is 6.78. The predicted molar refractivity (Wildman–Crippen MR) is 62.4 cm³/mol. The number of nitrogens with zero attached hydrogens (tertiary/aromatic N) is 2. The summed E-state index contributed by atoms with van der Waals surface area (Å²) in [5.74, 6) is -0.802. The standard InChI is InChI=1S/C12H16F3N3O/c13-12(14,15)11-17-6-9(7-18-11)10(5-16)8-1-3-19-4-2-8/h6-8,10H,1-5,16H2. The molecule has 1 saturated heterocycles. The predicted octanol–water partition coefficient (Wildman–Crippen LogP) is 1.96. The lowest BCUT2D eigenvalue weighted by atomic mass is 9.82. The minimum atomic E-state index is -4.50. The number of hydrogen-bond acceptors (Lipinski definition) is 4. The number of alkyl halides is 3. The molecule has 1 aliphatic heterocycles. The van der Waals surface area contributed by atoms with Crippen LogP contribution in [0.1, 0.15) is 30.1 Å². The molecule has 2 N–H and O–H groups in total. The fourth-order valence-corrected chi connectivity index (χ4v) is 2.39. The van der Waals surface area contributed by atoms with E-state index in [1.165, 1.54) is 12.4 Å². The molecule has 2 rings (SSSR count). The van der Waals surface area contributed by atoms with Gasteiger partial charge in [-0.3, -0.25) is 0 Å². The van der Waals surface area contributed by atoms with Gasteiger partial charge < -0.3 is 10.5 Å². The number of aromatic nitrogens is 2. The van der Waals surface area contributed by atoms with Gasteiger partial charge in [0, 0.05) is 31.5 Å². The van der Waals surface area contributed by atoms with E-state index in [0.29, 0.717) is 31.2 Å². The molecule has 1 unspecified atom stereocenters. The Labute approximate surface area is 109 Å². The molecule has 1 aliphatic rings. The van der Waals surface area contributed by atoms with Crippen LogP contribution in [0.4, 0.5) is 13.2 Å². The van der Waals surface area contributed by atoms with Gasteiger partial charge in [-0.25, -0.2) is 9.97 Å². The minimum absolute atomic E-state index is 0.00816. The average molecular weight is 275 g/mol. The quantitative estimate of drug-likeness (QED) is 0.916. The van der Waals surface area contributed by atoms with Gasteiger partial charge in [-0.2, -0.15) is 13.2 Å². The summed E-state index contributed by atoms with van der Waals surface area (Å²) in [5, 5.41) is 0. The molecule has 1 aromatic heterocycles. The van der Waals surface area contributed by atoms with E-state index in [9.17, 15) is 13.2 Å². The first-order valence-corrected chi connectivity index (χ1v) is 6.19. The van der Waals surface area contributed by atoms with E-state index in [2.05, 4.69) is 9.97 Å². The van der Waals surface area contributed by atoms with Crippen LogP contribution in [0.3, 0.4) is 0 Å². The highest BCUT2D eigenvalue weighted by Gasteiger charge is 2.35. The zero-order valence-electron chi connectivity index (χ0n) is 10.4. The fourth-order valence-electron chi connectivity index (χ4n) is 2.39. The van der Waals surface area contributed by atoms with E-state index < -0.39 is 12.0 Å². The molecule has 1 aromatic rings. The smallest absolute Gasteiger partial charge is 0.381 e. The number of rotatable bonds is 3. The Balaban J connectivity index is 2.14. The van der Waals surface area contributed by atoms with Crippen molar-refractivity contribution in [1.82, 2.24) is 9.97 Å². The molecule has 4 nitrogen and oxygen atoms in total. The first-order valence-electron chi connectivity index (χ1n) is 6.19. The van der Waals surface area contributed by atoms with Crippen LogP contribution in [0, 0.1) is 5.92 Å². The summed E-state index contributed by atoms with van der Waals surface area (Å²) >= 11 is 0. The molecule has 2 heterocycles. The van der Waals surface area contributed by atoms with Gasteiger partial charge in [0.1, 0.15) is 0 Å². The van der Waals surface area contributed by atoms with Crippen molar-refractivity contribution in [3.8, 4) is 0 Å². The van der Waals surface area contributed by atoms with Crippen LogP contribution in [0.25, 0.3) is 0 Å². The van der Waals surface area contributed by atoms with Crippen LogP contribution >= 0.6 is 0 Å². The summed E-state index contributed by atoms with van der Waals surface area (Å²) in [6.45, 7) is 1.71. The second kappa shape index (κ2) is 5.83. The maximum Gasteiger partial charge on any atom is 0.451 e. The van der Waals surface area contributed by atoms with Crippen LogP contribution in [-0.2, 0) is 10.9 Å². The van der Waals surface area contributed by atoms with Gasteiger partial charge in [0.05, 0.1) is 0 Å². The minimum Gasteiger partial charge on any atom is -0.381 e. The lowest BCUT2D eigenvalue weighted by Gasteiger charge is -2.29. The average Bonchev–Trinajstić information content (AvgIpc) is 2.40. The zero-order chi connectivity index (χ0) is 13.9. The van der Waals surface area contributed by atoms with E-state index in [-0.39, 0.29) is 5.92 Å². The van der Waals surface area contributed by atoms with Gasteiger partial charge in [-0.15, -0.1) is 0 Å². The third kappa shape index (κ3) is 3.42. The summed E-state index contributed by atoms with van der Waals surface area (Å²) in [6, 6.07) is 0. The Kier molecular flexibility index (Phi) is 4.36. The van der Waals surface area contributed by atoms with E-state index in [4.69, 9.17) is 10.5 Å². The van der Waals surface area contributed by atoms with E-state index >= 15 is 0 Å². The summed E-state index contributed by atoms with van der Waals surface area (Å²) in [5.41, 5.74) is 6.41. The van der Waals surface area contributed by atoms with Crippen molar-refractivity contribution >= 4 is 0 Å². The molecular formula is C12H16F3N3O. The van der Waals surface area contributed by atoms with Crippen LogP contribution in [0.15, 0.2) is 12.4 Å². The van der Waals surface area contributed by atoms with Gasteiger partial charge in [0.25, 0.3) is 0 Å². The van der Waals surface area contributed by atoms with Crippen molar-refractivity contribution in [3.63, 3.8) is 0 Å². The molecule has 1 fully saturated rings. The van der Waals surface area contributed by atoms with E-state index in [0.717, 1.165) is 12.8 Å². The van der Waals surface area contributed by atoms with Gasteiger partial charge in [-0.05, 0) is 30.9 Å². The Bertz CT molecular complexity index is 402. The molecule has 0 spiro atoms. The van der Waals surface area contributed by atoms with Crippen molar-refractivity contribution in [3.05, 3.63) is 23.8 Å². The maximum atomic E-state index is 12.4. The van der Waals surface area contributed by atoms with E-state index in [1.54, 1.807) is 0 Å². The highest BCUT2D eigenvalue weighted by molar-refractivity contribution is 5.14. The Hall–Kier alpha value is -1.21. The normalized spacial score (nSPS) is 19.4. The number of hydrogen-bond donors (Lipinski definition) is 1. The molecule has 0 bridgehead atoms. The lowest BCUT2D eigenvalue weighted by Crippen LogP contribution is -2.27. The highest BCUT2D eigenvalue weighted by atomic mass is 19.4. The lowest BCUT2D eigenvalue weighted by molar-refractivity contribution is -0.145. The van der Waals surface area contributed by atoms with Gasteiger partial charge in [0.2, 0.25) is 5.82 Å². The SMILES string of the molecule is NCC(c1cnc(C(F)(F)F)nc1)C1CCOCC1. The van der Waals surface area contributed by atoms with Crippen molar-refractivity contribution in [2.24, 2.45) is 11.7 Å². The first kappa shape index (κ1) is 14.2. The first-order chi connectivity index (χ1) is 9.02. The van der Waals surface area contributed by atoms with Crippen molar-refractivity contribution in [1.29, 1.82) is 0 Å². The molecule has 106 valence electrons. The van der Waals surface area contributed by atoms with Crippen molar-refractivity contribution in [2.75, 3.05) is 19.8 Å². The molecule has 0 amide bonds. The zero-order valence-corrected chi connectivity index (χ0v) is 10.4. The highest BCUT2D eigenvalue weighted by Crippen LogP contribution is 2.32. The van der Waals surface area contributed by atoms with Crippen LogP contribution in [0.2, 0.25) is 0 Å². The molecular weight excluding hydrogens is 259 g/mol. The Morgan fingerprint density at radius 1 is 1.26 bits per heavy atom. The molecule has 0 aliphatic carbocycles. The van der Waals surface area contributed by atoms with Crippen LogP contribution in [0.5, 0.6) is 0 Å². The topological polar surface area (TPSA) is 61.0 Å². The monoisotopic (exact) mass is 275 g/mol. The second-order valence-corrected chi connectivity index (χ2v) is 4.63. The van der Waals surface area contributed by atoms with Crippen molar-refractivity contribution in [2.45, 2.75) is 24.9 Å². The molecule has 1 atom stereocenters.